The zero-order chi connectivity index (χ0) is 15.0. The molecule has 3 heteroatoms. The van der Waals surface area contributed by atoms with Crippen molar-refractivity contribution in [3.05, 3.63) is 35.9 Å². The van der Waals surface area contributed by atoms with Gasteiger partial charge in [-0.2, -0.15) is 0 Å². The lowest BCUT2D eigenvalue weighted by molar-refractivity contribution is -0.156. The first-order valence-electron chi connectivity index (χ1n) is 6.75. The van der Waals surface area contributed by atoms with Crippen LogP contribution < -0.4 is 0 Å². The van der Waals surface area contributed by atoms with Crippen molar-refractivity contribution in [2.75, 3.05) is 5.88 Å². The molecule has 0 bridgehead atoms. The van der Waals surface area contributed by atoms with E-state index < -0.39 is 11.5 Å². The number of esters is 1. The Morgan fingerprint density at radius 1 is 1.30 bits per heavy atom. The molecule has 2 nitrogen and oxygen atoms in total. The number of carbonyl (C=O) groups is 1. The molecule has 0 aliphatic heterocycles. The molecular weight excluding hydrogens is 272 g/mol. The van der Waals surface area contributed by atoms with Crippen LogP contribution >= 0.6 is 11.6 Å². The SMILES string of the molecule is CC(C)(C)C(=O)OC(C#CCCCCl)c1ccccc1. The summed E-state index contributed by atoms with van der Waals surface area (Å²) in [4.78, 5) is 12.0. The fourth-order valence-corrected chi connectivity index (χ4v) is 1.55. The smallest absolute Gasteiger partial charge is 0.312 e. The molecule has 0 saturated carbocycles. The van der Waals surface area contributed by atoms with Gasteiger partial charge in [-0.3, -0.25) is 4.79 Å². The second-order valence-corrected chi connectivity index (χ2v) is 5.94. The highest BCUT2D eigenvalue weighted by Crippen LogP contribution is 2.23. The predicted octanol–water partition coefficient (Wildman–Crippen LogP) is 4.34. The number of unbranched alkanes of at least 4 members (excludes halogenated alkanes) is 1. The number of halogens is 1. The van der Waals surface area contributed by atoms with E-state index in [1.807, 2.05) is 51.1 Å². The zero-order valence-electron chi connectivity index (χ0n) is 12.3. The van der Waals surface area contributed by atoms with Crippen LogP contribution in [-0.4, -0.2) is 11.8 Å². The third-order valence-electron chi connectivity index (χ3n) is 2.61. The summed E-state index contributed by atoms with van der Waals surface area (Å²) in [7, 11) is 0. The molecule has 0 aliphatic carbocycles. The summed E-state index contributed by atoms with van der Waals surface area (Å²) in [6.07, 6.45) is 1.03. The Hall–Kier alpha value is -1.46. The van der Waals surface area contributed by atoms with Crippen LogP contribution in [0.4, 0.5) is 0 Å². The van der Waals surface area contributed by atoms with E-state index in [9.17, 15) is 4.79 Å². The molecule has 108 valence electrons. The van der Waals surface area contributed by atoms with Crippen molar-refractivity contribution < 1.29 is 9.53 Å². The number of carbonyl (C=O) groups excluding carboxylic acids is 1. The second-order valence-electron chi connectivity index (χ2n) is 5.56. The molecule has 0 saturated heterocycles. The second kappa shape index (κ2) is 7.97. The van der Waals surface area contributed by atoms with E-state index in [4.69, 9.17) is 16.3 Å². The van der Waals surface area contributed by atoms with Crippen molar-refractivity contribution in [2.45, 2.75) is 39.7 Å². The summed E-state index contributed by atoms with van der Waals surface area (Å²) in [6.45, 7) is 5.49. The fourth-order valence-electron chi connectivity index (χ4n) is 1.41. The van der Waals surface area contributed by atoms with Crippen LogP contribution in [0.5, 0.6) is 0 Å². The maximum atomic E-state index is 12.0. The molecule has 0 radical (unpaired) electrons. The van der Waals surface area contributed by atoms with Gasteiger partial charge in [0.25, 0.3) is 0 Å². The standard InChI is InChI=1S/C17H21ClO2/c1-17(2,3)16(19)20-15(12-8-5-9-13-18)14-10-6-4-7-11-14/h4,6-7,10-11,15H,5,9,13H2,1-3H3. The van der Waals surface area contributed by atoms with Crippen LogP contribution in [0.3, 0.4) is 0 Å². The van der Waals surface area contributed by atoms with E-state index in [0.29, 0.717) is 12.3 Å². The maximum absolute atomic E-state index is 12.0. The van der Waals surface area contributed by atoms with Crippen LogP contribution in [-0.2, 0) is 9.53 Å². The molecule has 1 rings (SSSR count). The third kappa shape index (κ3) is 5.67. The zero-order valence-corrected chi connectivity index (χ0v) is 13.0. The van der Waals surface area contributed by atoms with Gasteiger partial charge in [-0.1, -0.05) is 42.2 Å². The van der Waals surface area contributed by atoms with E-state index in [1.54, 1.807) is 0 Å². The predicted molar refractivity (Wildman–Crippen MR) is 82.5 cm³/mol. The van der Waals surface area contributed by atoms with Gasteiger partial charge in [-0.15, -0.1) is 11.6 Å². The summed E-state index contributed by atoms with van der Waals surface area (Å²) in [5, 5.41) is 0. The van der Waals surface area contributed by atoms with Crippen LogP contribution in [0.1, 0.15) is 45.3 Å². The summed E-state index contributed by atoms with van der Waals surface area (Å²) < 4.78 is 5.54. The first-order valence-corrected chi connectivity index (χ1v) is 7.29. The van der Waals surface area contributed by atoms with E-state index in [2.05, 4.69) is 11.8 Å². The molecule has 0 spiro atoms. The van der Waals surface area contributed by atoms with Crippen molar-refractivity contribution in [2.24, 2.45) is 5.41 Å². The first-order chi connectivity index (χ1) is 9.45. The average molecular weight is 293 g/mol. The molecule has 1 aromatic carbocycles. The minimum absolute atomic E-state index is 0.252. The molecule has 0 aromatic heterocycles. The Labute approximate surface area is 126 Å². The highest BCUT2D eigenvalue weighted by atomic mass is 35.5. The van der Waals surface area contributed by atoms with Gasteiger partial charge < -0.3 is 4.74 Å². The largest absolute Gasteiger partial charge is 0.444 e. The Morgan fingerprint density at radius 3 is 2.50 bits per heavy atom. The van der Waals surface area contributed by atoms with Crippen LogP contribution in [0, 0.1) is 17.3 Å². The highest BCUT2D eigenvalue weighted by Gasteiger charge is 2.26. The van der Waals surface area contributed by atoms with E-state index >= 15 is 0 Å². The lowest BCUT2D eigenvalue weighted by atomic mass is 9.97. The van der Waals surface area contributed by atoms with Gasteiger partial charge >= 0.3 is 5.97 Å². The minimum atomic E-state index is -0.537. The van der Waals surface area contributed by atoms with Crippen molar-refractivity contribution in [3.63, 3.8) is 0 Å². The summed E-state index contributed by atoms with van der Waals surface area (Å²) in [5.41, 5.74) is 0.355. The first kappa shape index (κ1) is 16.6. The molecule has 1 atom stereocenters. The number of hydrogen-bond acceptors (Lipinski definition) is 2. The van der Waals surface area contributed by atoms with Gasteiger partial charge in [0, 0.05) is 17.9 Å². The monoisotopic (exact) mass is 292 g/mol. The van der Waals surface area contributed by atoms with Crippen molar-refractivity contribution in [3.8, 4) is 11.8 Å². The van der Waals surface area contributed by atoms with Gasteiger partial charge in [-0.25, -0.2) is 0 Å². The summed E-state index contributed by atoms with van der Waals surface area (Å²) in [5.74, 6) is 6.39. The number of rotatable bonds is 4. The molecule has 0 aliphatic rings. The topological polar surface area (TPSA) is 26.3 Å². The molecular formula is C17H21ClO2. The molecule has 0 N–H and O–H groups in total. The molecule has 0 heterocycles. The van der Waals surface area contributed by atoms with Crippen molar-refractivity contribution in [1.29, 1.82) is 0 Å². The minimum Gasteiger partial charge on any atom is -0.444 e. The Kier molecular flexibility index (Phi) is 6.61. The lowest BCUT2D eigenvalue weighted by Crippen LogP contribution is -2.24. The molecule has 0 amide bonds. The van der Waals surface area contributed by atoms with E-state index in [-0.39, 0.29) is 5.97 Å². The average Bonchev–Trinajstić information content (AvgIpc) is 2.42. The molecule has 0 fully saturated rings. The number of ether oxygens (including phenoxy) is 1. The Balaban J connectivity index is 2.85. The van der Waals surface area contributed by atoms with Gasteiger partial charge in [-0.05, 0) is 27.2 Å². The van der Waals surface area contributed by atoms with Crippen molar-refractivity contribution >= 4 is 17.6 Å². The Bertz CT molecular complexity index is 477. The van der Waals surface area contributed by atoms with Gasteiger partial charge in [0.05, 0.1) is 5.41 Å². The molecule has 1 unspecified atom stereocenters. The van der Waals surface area contributed by atoms with E-state index in [0.717, 1.165) is 12.0 Å². The highest BCUT2D eigenvalue weighted by molar-refractivity contribution is 6.17. The van der Waals surface area contributed by atoms with E-state index in [1.165, 1.54) is 0 Å². The van der Waals surface area contributed by atoms with Gasteiger partial charge in [0.2, 0.25) is 0 Å². The van der Waals surface area contributed by atoms with Crippen LogP contribution in [0.2, 0.25) is 0 Å². The summed E-state index contributed by atoms with van der Waals surface area (Å²) in [6, 6.07) is 9.57. The summed E-state index contributed by atoms with van der Waals surface area (Å²) >= 11 is 5.62. The third-order valence-corrected chi connectivity index (χ3v) is 2.88. The number of benzene rings is 1. The van der Waals surface area contributed by atoms with Crippen LogP contribution in [0.15, 0.2) is 30.3 Å². The van der Waals surface area contributed by atoms with Crippen LogP contribution in [0.25, 0.3) is 0 Å². The van der Waals surface area contributed by atoms with Crippen molar-refractivity contribution in [1.82, 2.24) is 0 Å². The lowest BCUT2D eigenvalue weighted by Gasteiger charge is -2.20. The normalized spacial score (nSPS) is 12.2. The Morgan fingerprint density at radius 2 is 1.95 bits per heavy atom. The maximum Gasteiger partial charge on any atom is 0.312 e. The fraction of sp³-hybridized carbons (Fsp3) is 0.471. The number of hydrogen-bond donors (Lipinski definition) is 0. The quantitative estimate of drug-likeness (QED) is 0.357. The molecule has 1 aromatic rings. The molecule has 20 heavy (non-hydrogen) atoms. The number of alkyl halides is 1. The van der Waals surface area contributed by atoms with Gasteiger partial charge in [0.1, 0.15) is 0 Å². The van der Waals surface area contributed by atoms with Gasteiger partial charge in [0.15, 0.2) is 6.10 Å².